The van der Waals surface area contributed by atoms with Crippen molar-refractivity contribution in [2.75, 3.05) is 26.8 Å². The summed E-state index contributed by atoms with van der Waals surface area (Å²) >= 11 is 0. The minimum absolute atomic E-state index is 0.317. The molecule has 4 heteroatoms. The lowest BCUT2D eigenvalue weighted by Crippen LogP contribution is -2.55. The van der Waals surface area contributed by atoms with Gasteiger partial charge in [-0.15, -0.1) is 0 Å². The summed E-state index contributed by atoms with van der Waals surface area (Å²) in [5.41, 5.74) is 0.661. The van der Waals surface area contributed by atoms with Crippen LogP contribution in [0.4, 0.5) is 0 Å². The van der Waals surface area contributed by atoms with E-state index >= 15 is 0 Å². The standard InChI is InChI=1S/C18H28O4/c1-3-19-13-21-11-17-6-15-5-16(7-17)9-18(8-15,10-17)12-22-14-20-4-2/h3-4,15-16H,1-2,5-14H2. The molecule has 0 aromatic rings. The molecule has 0 amide bonds. The maximum absolute atomic E-state index is 5.77. The van der Waals surface area contributed by atoms with E-state index in [0.717, 1.165) is 25.0 Å². The summed E-state index contributed by atoms with van der Waals surface area (Å²) in [6.07, 6.45) is 10.7. The molecule has 4 aliphatic rings. The van der Waals surface area contributed by atoms with Crippen molar-refractivity contribution < 1.29 is 18.9 Å². The highest BCUT2D eigenvalue weighted by Crippen LogP contribution is 2.65. The molecule has 0 N–H and O–H groups in total. The van der Waals surface area contributed by atoms with E-state index in [0.29, 0.717) is 24.4 Å². The molecular weight excluding hydrogens is 280 g/mol. The Kier molecular flexibility index (Phi) is 4.79. The Balaban J connectivity index is 1.59. The van der Waals surface area contributed by atoms with Gasteiger partial charge in [0, 0.05) is 0 Å². The molecule has 0 aromatic carbocycles. The Hall–Kier alpha value is -1.00. The average molecular weight is 308 g/mol. The summed E-state index contributed by atoms with van der Waals surface area (Å²) in [6, 6.07) is 0. The quantitative estimate of drug-likeness (QED) is 0.349. The summed E-state index contributed by atoms with van der Waals surface area (Å²) < 4.78 is 21.8. The molecule has 4 nitrogen and oxygen atoms in total. The normalized spacial score (nSPS) is 38.7. The smallest absolute Gasteiger partial charge is 0.188 e. The molecule has 0 heterocycles. The van der Waals surface area contributed by atoms with Crippen molar-refractivity contribution in [2.24, 2.45) is 22.7 Å². The molecule has 0 spiro atoms. The fraction of sp³-hybridized carbons (Fsp3) is 0.778. The summed E-state index contributed by atoms with van der Waals surface area (Å²) in [6.45, 7) is 9.34. The first-order valence-electron chi connectivity index (χ1n) is 8.30. The number of rotatable bonds is 10. The first-order valence-corrected chi connectivity index (χ1v) is 8.30. The van der Waals surface area contributed by atoms with Crippen molar-refractivity contribution in [3.63, 3.8) is 0 Å². The molecule has 0 aromatic heterocycles. The fourth-order valence-corrected chi connectivity index (χ4v) is 5.70. The molecule has 4 fully saturated rings. The Morgan fingerprint density at radius 2 is 1.27 bits per heavy atom. The van der Waals surface area contributed by atoms with Crippen molar-refractivity contribution in [2.45, 2.75) is 38.5 Å². The lowest BCUT2D eigenvalue weighted by molar-refractivity contribution is -0.179. The lowest BCUT2D eigenvalue weighted by Gasteiger charge is -2.62. The van der Waals surface area contributed by atoms with Crippen molar-refractivity contribution in [1.82, 2.24) is 0 Å². The van der Waals surface area contributed by atoms with Gasteiger partial charge >= 0.3 is 0 Å². The third kappa shape index (κ3) is 3.33. The van der Waals surface area contributed by atoms with Crippen LogP contribution in [0.3, 0.4) is 0 Å². The summed E-state index contributed by atoms with van der Waals surface area (Å²) in [5.74, 6) is 1.68. The Morgan fingerprint density at radius 1 is 0.818 bits per heavy atom. The van der Waals surface area contributed by atoms with Crippen LogP contribution < -0.4 is 0 Å². The van der Waals surface area contributed by atoms with E-state index in [4.69, 9.17) is 18.9 Å². The highest BCUT2D eigenvalue weighted by atomic mass is 16.7. The number of ether oxygens (including phenoxy) is 4. The first-order chi connectivity index (χ1) is 10.7. The second kappa shape index (κ2) is 6.63. The zero-order valence-electron chi connectivity index (χ0n) is 13.4. The molecule has 0 atom stereocenters. The van der Waals surface area contributed by atoms with Gasteiger partial charge in [0.05, 0.1) is 25.7 Å². The Labute approximate surface area is 133 Å². The van der Waals surface area contributed by atoms with E-state index in [-0.39, 0.29) is 0 Å². The van der Waals surface area contributed by atoms with Gasteiger partial charge in [-0.25, -0.2) is 0 Å². The van der Waals surface area contributed by atoms with Crippen LogP contribution in [0.1, 0.15) is 38.5 Å². The van der Waals surface area contributed by atoms with Crippen molar-refractivity contribution in [1.29, 1.82) is 0 Å². The van der Waals surface area contributed by atoms with Crippen LogP contribution in [-0.4, -0.2) is 26.8 Å². The van der Waals surface area contributed by atoms with Gasteiger partial charge < -0.3 is 18.9 Å². The monoisotopic (exact) mass is 308 g/mol. The van der Waals surface area contributed by atoms with Crippen LogP contribution in [0.15, 0.2) is 25.7 Å². The van der Waals surface area contributed by atoms with E-state index in [1.54, 1.807) is 0 Å². The maximum Gasteiger partial charge on any atom is 0.188 e. The molecule has 22 heavy (non-hydrogen) atoms. The highest BCUT2D eigenvalue weighted by Gasteiger charge is 2.57. The molecule has 0 radical (unpaired) electrons. The van der Waals surface area contributed by atoms with Crippen LogP contribution in [0, 0.1) is 22.7 Å². The second-order valence-corrected chi connectivity index (χ2v) is 7.56. The van der Waals surface area contributed by atoms with Gasteiger partial charge in [-0.05, 0) is 61.2 Å². The van der Waals surface area contributed by atoms with E-state index < -0.39 is 0 Å². The van der Waals surface area contributed by atoms with Crippen LogP contribution in [0.2, 0.25) is 0 Å². The van der Waals surface area contributed by atoms with Gasteiger partial charge in [-0.3, -0.25) is 0 Å². The van der Waals surface area contributed by atoms with Gasteiger partial charge in [-0.2, -0.15) is 0 Å². The van der Waals surface area contributed by atoms with E-state index in [9.17, 15) is 0 Å². The van der Waals surface area contributed by atoms with Gasteiger partial charge in [0.1, 0.15) is 0 Å². The molecule has 4 rings (SSSR count). The van der Waals surface area contributed by atoms with Crippen LogP contribution in [-0.2, 0) is 18.9 Å². The highest BCUT2D eigenvalue weighted by molar-refractivity contribution is 5.07. The van der Waals surface area contributed by atoms with E-state index in [1.807, 2.05) is 0 Å². The van der Waals surface area contributed by atoms with Gasteiger partial charge in [0.25, 0.3) is 0 Å². The predicted octanol–water partition coefficient (Wildman–Crippen LogP) is 3.84. The predicted molar refractivity (Wildman–Crippen MR) is 83.8 cm³/mol. The molecule has 0 unspecified atom stereocenters. The van der Waals surface area contributed by atoms with Crippen LogP contribution in [0.25, 0.3) is 0 Å². The third-order valence-electron chi connectivity index (χ3n) is 5.66. The van der Waals surface area contributed by atoms with E-state index in [1.165, 1.54) is 51.0 Å². The molecule has 0 aliphatic heterocycles. The Morgan fingerprint density at radius 3 is 1.68 bits per heavy atom. The first kappa shape index (κ1) is 15.9. The average Bonchev–Trinajstić information content (AvgIpc) is 2.47. The largest absolute Gasteiger partial charge is 0.476 e. The third-order valence-corrected chi connectivity index (χ3v) is 5.66. The molecule has 0 saturated heterocycles. The number of hydrogen-bond donors (Lipinski definition) is 0. The Bertz CT molecular complexity index is 358. The summed E-state index contributed by atoms with van der Waals surface area (Å²) in [4.78, 5) is 0. The van der Waals surface area contributed by atoms with E-state index in [2.05, 4.69) is 13.2 Å². The molecule has 124 valence electrons. The van der Waals surface area contributed by atoms with Gasteiger partial charge in [0.2, 0.25) is 0 Å². The van der Waals surface area contributed by atoms with Crippen molar-refractivity contribution >= 4 is 0 Å². The molecule has 4 bridgehead atoms. The number of hydrogen-bond acceptors (Lipinski definition) is 4. The molecule has 4 saturated carbocycles. The molecule has 4 aliphatic carbocycles. The minimum Gasteiger partial charge on any atom is -0.476 e. The minimum atomic E-state index is 0.317. The second-order valence-electron chi connectivity index (χ2n) is 7.56. The van der Waals surface area contributed by atoms with Gasteiger partial charge in [0.15, 0.2) is 13.6 Å². The zero-order valence-corrected chi connectivity index (χ0v) is 13.4. The summed E-state index contributed by atoms with van der Waals surface area (Å²) in [7, 11) is 0. The zero-order chi connectivity index (χ0) is 15.5. The fourth-order valence-electron chi connectivity index (χ4n) is 5.70. The van der Waals surface area contributed by atoms with Crippen molar-refractivity contribution in [3.8, 4) is 0 Å². The van der Waals surface area contributed by atoms with Crippen molar-refractivity contribution in [3.05, 3.63) is 25.7 Å². The molecular formula is C18H28O4. The SMILES string of the molecule is C=COCOCC12CC3CC(C1)CC(COCOC=C)(C3)C2. The summed E-state index contributed by atoms with van der Waals surface area (Å²) in [5, 5.41) is 0. The lowest BCUT2D eigenvalue weighted by atomic mass is 9.44. The maximum atomic E-state index is 5.77. The topological polar surface area (TPSA) is 36.9 Å². The van der Waals surface area contributed by atoms with Crippen LogP contribution in [0.5, 0.6) is 0 Å². The van der Waals surface area contributed by atoms with Gasteiger partial charge in [-0.1, -0.05) is 13.2 Å². The van der Waals surface area contributed by atoms with Crippen LogP contribution >= 0.6 is 0 Å².